The van der Waals surface area contributed by atoms with Crippen LogP contribution in [0.1, 0.15) is 10.5 Å². The maximum Gasteiger partial charge on any atom is 0.268 e. The van der Waals surface area contributed by atoms with Gasteiger partial charge in [0.2, 0.25) is 0 Å². The Balaban J connectivity index is 2.31. The van der Waals surface area contributed by atoms with Gasteiger partial charge in [-0.1, -0.05) is 29.8 Å². The van der Waals surface area contributed by atoms with Crippen molar-refractivity contribution in [1.82, 2.24) is 9.38 Å². The van der Waals surface area contributed by atoms with Gasteiger partial charge in [-0.25, -0.2) is 4.98 Å². The van der Waals surface area contributed by atoms with Gasteiger partial charge in [0, 0.05) is 16.8 Å². The molecule has 0 bridgehead atoms. The summed E-state index contributed by atoms with van der Waals surface area (Å²) in [6, 6.07) is 12.7. The molecule has 0 radical (unpaired) electrons. The average Bonchev–Trinajstić information content (AvgIpc) is 2.78. The molecule has 0 fully saturated rings. The van der Waals surface area contributed by atoms with Crippen LogP contribution in [0, 0.1) is 0 Å². The standard InChI is InChI=1S/C14H10ClN3O/c15-10-6-4-9(5-7-10)12-13(14(16)19)18-8-2-1-3-11(18)17-12/h1-8H,(H2,16,19). The summed E-state index contributed by atoms with van der Waals surface area (Å²) in [5.74, 6) is -0.511. The molecule has 2 aromatic heterocycles. The quantitative estimate of drug-likeness (QED) is 0.779. The predicted molar refractivity (Wildman–Crippen MR) is 74.2 cm³/mol. The van der Waals surface area contributed by atoms with Gasteiger partial charge in [-0.05, 0) is 24.3 Å². The summed E-state index contributed by atoms with van der Waals surface area (Å²) in [7, 11) is 0. The van der Waals surface area contributed by atoms with Gasteiger partial charge in [0.15, 0.2) is 0 Å². The summed E-state index contributed by atoms with van der Waals surface area (Å²) < 4.78 is 1.69. The first-order valence-electron chi connectivity index (χ1n) is 5.69. The van der Waals surface area contributed by atoms with Gasteiger partial charge in [0.05, 0.1) is 0 Å². The molecule has 0 spiro atoms. The highest BCUT2D eigenvalue weighted by molar-refractivity contribution is 6.30. The van der Waals surface area contributed by atoms with Crippen LogP contribution in [0.3, 0.4) is 0 Å². The number of primary amides is 1. The van der Waals surface area contributed by atoms with Crippen LogP contribution in [0.15, 0.2) is 48.7 Å². The molecule has 0 unspecified atom stereocenters. The van der Waals surface area contributed by atoms with E-state index in [4.69, 9.17) is 17.3 Å². The average molecular weight is 272 g/mol. The Morgan fingerprint density at radius 3 is 2.58 bits per heavy atom. The van der Waals surface area contributed by atoms with Crippen LogP contribution in [-0.2, 0) is 0 Å². The highest BCUT2D eigenvalue weighted by Gasteiger charge is 2.17. The molecule has 5 heteroatoms. The molecule has 0 saturated heterocycles. The molecule has 1 amide bonds. The second-order valence-corrected chi connectivity index (χ2v) is 4.55. The van der Waals surface area contributed by atoms with Crippen molar-refractivity contribution < 1.29 is 4.79 Å². The molecule has 0 atom stereocenters. The monoisotopic (exact) mass is 271 g/mol. The first-order chi connectivity index (χ1) is 9.16. The number of halogens is 1. The van der Waals surface area contributed by atoms with Crippen LogP contribution in [-0.4, -0.2) is 15.3 Å². The summed E-state index contributed by atoms with van der Waals surface area (Å²) >= 11 is 5.86. The number of rotatable bonds is 2. The molecule has 0 saturated carbocycles. The number of hydrogen-bond acceptors (Lipinski definition) is 2. The number of nitrogens with zero attached hydrogens (tertiary/aromatic N) is 2. The van der Waals surface area contributed by atoms with Gasteiger partial charge in [-0.2, -0.15) is 0 Å². The molecule has 2 heterocycles. The lowest BCUT2D eigenvalue weighted by Crippen LogP contribution is -2.14. The molecule has 1 aromatic carbocycles. The Morgan fingerprint density at radius 1 is 1.16 bits per heavy atom. The topological polar surface area (TPSA) is 60.4 Å². The smallest absolute Gasteiger partial charge is 0.268 e. The van der Waals surface area contributed by atoms with Crippen molar-refractivity contribution in [1.29, 1.82) is 0 Å². The van der Waals surface area contributed by atoms with Crippen LogP contribution in [0.25, 0.3) is 16.9 Å². The summed E-state index contributed by atoms with van der Waals surface area (Å²) in [6.45, 7) is 0. The van der Waals surface area contributed by atoms with Crippen molar-refractivity contribution in [2.45, 2.75) is 0 Å². The third-order valence-electron chi connectivity index (χ3n) is 2.88. The molecule has 4 nitrogen and oxygen atoms in total. The molecule has 0 aliphatic rings. The van der Waals surface area contributed by atoms with Crippen LogP contribution in [0.4, 0.5) is 0 Å². The zero-order chi connectivity index (χ0) is 13.4. The number of pyridine rings is 1. The van der Waals surface area contributed by atoms with E-state index in [-0.39, 0.29) is 0 Å². The molecule has 0 aliphatic carbocycles. The number of aromatic nitrogens is 2. The zero-order valence-corrected chi connectivity index (χ0v) is 10.6. The van der Waals surface area contributed by atoms with Crippen LogP contribution >= 0.6 is 11.6 Å². The van der Waals surface area contributed by atoms with Crippen LogP contribution < -0.4 is 5.73 Å². The number of hydrogen-bond donors (Lipinski definition) is 1. The third kappa shape index (κ3) is 1.96. The Kier molecular flexibility index (Phi) is 2.72. The minimum Gasteiger partial charge on any atom is -0.364 e. The Labute approximate surface area is 114 Å². The Morgan fingerprint density at radius 2 is 1.89 bits per heavy atom. The highest BCUT2D eigenvalue weighted by Crippen LogP contribution is 2.25. The van der Waals surface area contributed by atoms with E-state index in [1.54, 1.807) is 22.7 Å². The van der Waals surface area contributed by atoms with E-state index in [0.717, 1.165) is 5.56 Å². The normalized spacial score (nSPS) is 10.8. The molecule has 19 heavy (non-hydrogen) atoms. The number of benzene rings is 1. The fourth-order valence-corrected chi connectivity index (χ4v) is 2.17. The Hall–Kier alpha value is -2.33. The lowest BCUT2D eigenvalue weighted by molar-refractivity contribution is 0.0995. The molecular formula is C14H10ClN3O. The van der Waals surface area contributed by atoms with Crippen LogP contribution in [0.2, 0.25) is 5.02 Å². The van der Waals surface area contributed by atoms with Crippen molar-refractivity contribution in [2.75, 3.05) is 0 Å². The van der Waals surface area contributed by atoms with E-state index in [0.29, 0.717) is 22.1 Å². The van der Waals surface area contributed by atoms with Crippen LogP contribution in [0.5, 0.6) is 0 Å². The summed E-state index contributed by atoms with van der Waals surface area (Å²) in [4.78, 5) is 16.1. The number of nitrogens with two attached hydrogens (primary N) is 1. The SMILES string of the molecule is NC(=O)c1c(-c2ccc(Cl)cc2)nc2ccccn12. The van der Waals surface area contributed by atoms with Gasteiger partial charge in [-0.15, -0.1) is 0 Å². The second kappa shape index (κ2) is 4.40. The first-order valence-corrected chi connectivity index (χ1v) is 6.07. The molecule has 0 aliphatic heterocycles. The minimum absolute atomic E-state index is 0.373. The number of amides is 1. The van der Waals surface area contributed by atoms with Crippen molar-refractivity contribution in [3.05, 3.63) is 59.4 Å². The highest BCUT2D eigenvalue weighted by atomic mass is 35.5. The van der Waals surface area contributed by atoms with Crippen molar-refractivity contribution in [2.24, 2.45) is 5.73 Å². The first kappa shape index (κ1) is 11.7. The van der Waals surface area contributed by atoms with Crippen molar-refractivity contribution in [3.63, 3.8) is 0 Å². The lowest BCUT2D eigenvalue weighted by atomic mass is 10.1. The van der Waals surface area contributed by atoms with E-state index in [1.807, 2.05) is 30.3 Å². The zero-order valence-electron chi connectivity index (χ0n) is 9.88. The molecule has 3 aromatic rings. The summed E-state index contributed by atoms with van der Waals surface area (Å²) in [5, 5.41) is 0.633. The predicted octanol–water partition coefficient (Wildman–Crippen LogP) is 2.75. The summed E-state index contributed by atoms with van der Waals surface area (Å²) in [6.07, 6.45) is 1.77. The maximum atomic E-state index is 11.7. The fourth-order valence-electron chi connectivity index (χ4n) is 2.04. The number of carbonyl (C=O) groups excluding carboxylic acids is 1. The van der Waals surface area contributed by atoms with Crippen molar-refractivity contribution in [3.8, 4) is 11.3 Å². The lowest BCUT2D eigenvalue weighted by Gasteiger charge is -2.01. The third-order valence-corrected chi connectivity index (χ3v) is 3.13. The molecular weight excluding hydrogens is 262 g/mol. The van der Waals surface area contributed by atoms with E-state index < -0.39 is 5.91 Å². The van der Waals surface area contributed by atoms with Gasteiger partial charge < -0.3 is 5.73 Å². The van der Waals surface area contributed by atoms with Gasteiger partial charge in [0.25, 0.3) is 5.91 Å². The number of fused-ring (bicyclic) bond motifs is 1. The molecule has 3 rings (SSSR count). The maximum absolute atomic E-state index is 11.7. The van der Waals surface area contributed by atoms with E-state index in [2.05, 4.69) is 4.98 Å². The minimum atomic E-state index is -0.511. The summed E-state index contributed by atoms with van der Waals surface area (Å²) in [5.41, 5.74) is 7.89. The van der Waals surface area contributed by atoms with E-state index in [1.165, 1.54) is 0 Å². The molecule has 94 valence electrons. The number of imidazole rings is 1. The fraction of sp³-hybridized carbons (Fsp3) is 0. The van der Waals surface area contributed by atoms with Gasteiger partial charge >= 0.3 is 0 Å². The van der Waals surface area contributed by atoms with Gasteiger partial charge in [0.1, 0.15) is 17.0 Å². The largest absolute Gasteiger partial charge is 0.364 e. The number of carbonyl (C=O) groups is 1. The van der Waals surface area contributed by atoms with Crippen molar-refractivity contribution >= 4 is 23.2 Å². The van der Waals surface area contributed by atoms with Gasteiger partial charge in [-0.3, -0.25) is 9.20 Å². The van der Waals surface area contributed by atoms with E-state index >= 15 is 0 Å². The second-order valence-electron chi connectivity index (χ2n) is 4.11. The molecule has 2 N–H and O–H groups in total. The van der Waals surface area contributed by atoms with E-state index in [9.17, 15) is 4.79 Å². The Bertz CT molecular complexity index is 762.